The van der Waals surface area contributed by atoms with Gasteiger partial charge in [0, 0.05) is 21.2 Å². The first-order chi connectivity index (χ1) is 13.5. The van der Waals surface area contributed by atoms with Crippen LogP contribution >= 0.6 is 22.6 Å². The van der Waals surface area contributed by atoms with E-state index in [9.17, 15) is 4.79 Å². The molecule has 148 valence electrons. The number of nitrogens with one attached hydrogen (secondary N) is 1. The van der Waals surface area contributed by atoms with Crippen molar-refractivity contribution >= 4 is 45.7 Å². The summed E-state index contributed by atoms with van der Waals surface area (Å²) in [6.45, 7) is 4.70. The maximum Gasteiger partial charge on any atom is 0.230 e. The van der Waals surface area contributed by atoms with Crippen molar-refractivity contribution in [1.29, 1.82) is 0 Å². The highest BCUT2D eigenvalue weighted by molar-refractivity contribution is 14.1. The molecule has 0 unspecified atom stereocenters. The van der Waals surface area contributed by atoms with Crippen LogP contribution in [0.15, 0.2) is 36.5 Å². The third kappa shape index (κ3) is 4.17. The molecule has 0 bridgehead atoms. The smallest absolute Gasteiger partial charge is 0.230 e. The fourth-order valence-electron chi connectivity index (χ4n) is 4.14. The lowest BCUT2D eigenvalue weighted by Gasteiger charge is -2.33. The van der Waals surface area contributed by atoms with E-state index in [4.69, 9.17) is 4.74 Å². The topological polar surface area (TPSA) is 54.5 Å². The highest BCUT2D eigenvalue weighted by atomic mass is 127. The molecule has 2 aliphatic rings. The van der Waals surface area contributed by atoms with Crippen LogP contribution in [-0.2, 0) is 16.1 Å². The molecule has 1 amide bonds. The highest BCUT2D eigenvalue weighted by Gasteiger charge is 2.33. The first-order valence-corrected chi connectivity index (χ1v) is 11.1. The van der Waals surface area contributed by atoms with Crippen LogP contribution in [0.1, 0.15) is 45.1 Å². The first-order valence-electron chi connectivity index (χ1n) is 9.98. The van der Waals surface area contributed by atoms with Gasteiger partial charge in [-0.1, -0.05) is 6.07 Å². The van der Waals surface area contributed by atoms with Gasteiger partial charge in [0.05, 0.1) is 30.1 Å². The second-order valence-electron chi connectivity index (χ2n) is 7.88. The molecule has 1 aliphatic heterocycles. The Morgan fingerprint density at radius 3 is 2.79 bits per heavy atom. The second-order valence-corrected chi connectivity index (χ2v) is 9.13. The minimum Gasteiger partial charge on any atom is -0.376 e. The molecule has 0 radical (unpaired) electrons. The van der Waals surface area contributed by atoms with Gasteiger partial charge in [-0.3, -0.25) is 4.79 Å². The van der Waals surface area contributed by atoms with Crippen LogP contribution in [0.3, 0.4) is 0 Å². The molecule has 1 fully saturated rings. The summed E-state index contributed by atoms with van der Waals surface area (Å²) >= 11 is 2.30. The number of amides is 1. The molecule has 4 rings (SSSR count). The molecule has 1 N–H and O–H groups in total. The van der Waals surface area contributed by atoms with Crippen molar-refractivity contribution in [2.24, 2.45) is 5.92 Å². The summed E-state index contributed by atoms with van der Waals surface area (Å²) in [5, 5.41) is 3.42. The lowest BCUT2D eigenvalue weighted by molar-refractivity contribution is -0.124. The number of rotatable bonds is 3. The predicted octanol–water partition coefficient (Wildman–Crippen LogP) is 5.26. The number of pyridine rings is 1. The summed E-state index contributed by atoms with van der Waals surface area (Å²) < 4.78 is 7.07. The molecule has 28 heavy (non-hydrogen) atoms. The SMILES string of the molecule is CC(C)O[C@H]1CC[C@H](C(=O)N2Cc3cccnc3Nc3ccc(I)cc32)CC1. The van der Waals surface area contributed by atoms with Gasteiger partial charge in [-0.25, -0.2) is 4.98 Å². The average molecular weight is 491 g/mol. The third-order valence-corrected chi connectivity index (χ3v) is 6.15. The third-order valence-electron chi connectivity index (χ3n) is 5.48. The largest absolute Gasteiger partial charge is 0.376 e. The summed E-state index contributed by atoms with van der Waals surface area (Å²) in [5.74, 6) is 1.09. The average Bonchev–Trinajstić information content (AvgIpc) is 2.84. The zero-order valence-corrected chi connectivity index (χ0v) is 18.5. The molecule has 5 nitrogen and oxygen atoms in total. The molecule has 1 aromatic carbocycles. The van der Waals surface area contributed by atoms with Gasteiger partial charge in [-0.05, 0) is 86.4 Å². The summed E-state index contributed by atoms with van der Waals surface area (Å²) in [6.07, 6.45) is 6.00. The summed E-state index contributed by atoms with van der Waals surface area (Å²) in [5.41, 5.74) is 2.91. The Hall–Kier alpha value is -1.67. The number of carbonyl (C=O) groups excluding carboxylic acids is 1. The number of fused-ring (bicyclic) bond motifs is 2. The van der Waals surface area contributed by atoms with E-state index in [-0.39, 0.29) is 24.0 Å². The van der Waals surface area contributed by atoms with Gasteiger partial charge in [-0.15, -0.1) is 0 Å². The van der Waals surface area contributed by atoms with E-state index in [1.54, 1.807) is 6.20 Å². The zero-order valence-electron chi connectivity index (χ0n) is 16.3. The molecular weight excluding hydrogens is 465 g/mol. The Morgan fingerprint density at radius 1 is 1.25 bits per heavy atom. The highest BCUT2D eigenvalue weighted by Crippen LogP contribution is 2.38. The Bertz CT molecular complexity index is 863. The van der Waals surface area contributed by atoms with Crippen molar-refractivity contribution in [2.45, 2.75) is 58.3 Å². The van der Waals surface area contributed by atoms with Gasteiger partial charge >= 0.3 is 0 Å². The molecule has 0 saturated heterocycles. The maximum absolute atomic E-state index is 13.6. The number of benzene rings is 1. The van der Waals surface area contributed by atoms with Crippen molar-refractivity contribution in [3.05, 3.63) is 45.7 Å². The van der Waals surface area contributed by atoms with Crippen molar-refractivity contribution in [3.8, 4) is 0 Å². The van der Waals surface area contributed by atoms with Crippen LogP contribution < -0.4 is 10.2 Å². The van der Waals surface area contributed by atoms with E-state index < -0.39 is 0 Å². The number of anilines is 3. The second kappa shape index (κ2) is 8.37. The molecule has 2 heterocycles. The number of hydrogen-bond acceptors (Lipinski definition) is 4. The number of halogens is 1. The lowest BCUT2D eigenvalue weighted by Crippen LogP contribution is -2.38. The van der Waals surface area contributed by atoms with Gasteiger partial charge < -0.3 is 15.0 Å². The van der Waals surface area contributed by atoms with Crippen molar-refractivity contribution < 1.29 is 9.53 Å². The normalized spacial score (nSPS) is 21.5. The number of hydrogen-bond donors (Lipinski definition) is 1. The van der Waals surface area contributed by atoms with E-state index in [2.05, 4.69) is 58.9 Å². The summed E-state index contributed by atoms with van der Waals surface area (Å²) in [6, 6.07) is 10.1. The van der Waals surface area contributed by atoms with Gasteiger partial charge in [0.25, 0.3) is 0 Å². The van der Waals surface area contributed by atoms with E-state index >= 15 is 0 Å². The monoisotopic (exact) mass is 491 g/mol. The molecule has 2 aromatic rings. The van der Waals surface area contributed by atoms with E-state index in [1.807, 2.05) is 23.1 Å². The minimum atomic E-state index is 0.0518. The van der Waals surface area contributed by atoms with Crippen molar-refractivity contribution in [1.82, 2.24) is 4.98 Å². The Balaban J connectivity index is 1.59. The van der Waals surface area contributed by atoms with Gasteiger partial charge in [-0.2, -0.15) is 0 Å². The van der Waals surface area contributed by atoms with Gasteiger partial charge in [0.1, 0.15) is 5.82 Å². The molecule has 1 aromatic heterocycles. The van der Waals surface area contributed by atoms with Gasteiger partial charge in [0.2, 0.25) is 5.91 Å². The molecule has 0 spiro atoms. The lowest BCUT2D eigenvalue weighted by atomic mass is 9.86. The van der Waals surface area contributed by atoms with Crippen LogP contribution in [0.4, 0.5) is 17.2 Å². The standard InChI is InChI=1S/C22H26IN3O2/c1-14(2)28-18-8-5-15(6-9-18)22(27)26-13-16-4-3-11-24-21(16)25-19-10-7-17(23)12-20(19)26/h3-4,7,10-12,14-15,18H,5-6,8-9,13H2,1-2H3,(H,24,25)/t15-,18-. The summed E-state index contributed by atoms with van der Waals surface area (Å²) in [7, 11) is 0. The van der Waals surface area contributed by atoms with Crippen LogP contribution in [-0.4, -0.2) is 23.1 Å². The van der Waals surface area contributed by atoms with Crippen molar-refractivity contribution in [3.63, 3.8) is 0 Å². The number of carbonyl (C=O) groups is 1. The molecule has 1 saturated carbocycles. The molecule has 6 heteroatoms. The zero-order chi connectivity index (χ0) is 19.7. The molecular formula is C22H26IN3O2. The van der Waals surface area contributed by atoms with E-state index in [0.717, 1.165) is 52.0 Å². The first kappa shape index (κ1) is 19.6. The van der Waals surface area contributed by atoms with Crippen LogP contribution in [0.2, 0.25) is 0 Å². The van der Waals surface area contributed by atoms with Crippen LogP contribution in [0, 0.1) is 9.49 Å². The van der Waals surface area contributed by atoms with Crippen LogP contribution in [0.25, 0.3) is 0 Å². The fraction of sp³-hybridized carbons (Fsp3) is 0.455. The van der Waals surface area contributed by atoms with Gasteiger partial charge in [0.15, 0.2) is 0 Å². The van der Waals surface area contributed by atoms with E-state index in [1.165, 1.54) is 0 Å². The number of aromatic nitrogens is 1. The van der Waals surface area contributed by atoms with Crippen molar-refractivity contribution in [2.75, 3.05) is 10.2 Å². The fourth-order valence-corrected chi connectivity index (χ4v) is 4.62. The summed E-state index contributed by atoms with van der Waals surface area (Å²) in [4.78, 5) is 20.0. The molecule has 0 atom stereocenters. The Labute approximate surface area is 180 Å². The number of ether oxygens (including phenoxy) is 1. The Morgan fingerprint density at radius 2 is 2.04 bits per heavy atom. The maximum atomic E-state index is 13.6. The van der Waals surface area contributed by atoms with E-state index in [0.29, 0.717) is 6.54 Å². The predicted molar refractivity (Wildman–Crippen MR) is 120 cm³/mol. The minimum absolute atomic E-state index is 0.0518. The quantitative estimate of drug-likeness (QED) is 0.596. The number of nitrogens with zero attached hydrogens (tertiary/aromatic N) is 2. The Kier molecular flexibility index (Phi) is 5.87. The molecule has 1 aliphatic carbocycles. The van der Waals surface area contributed by atoms with Crippen LogP contribution in [0.5, 0.6) is 0 Å².